The lowest BCUT2D eigenvalue weighted by Crippen LogP contribution is -2.21. The number of ether oxygens (including phenoxy) is 1. The lowest BCUT2D eigenvalue weighted by Gasteiger charge is -2.10. The van der Waals surface area contributed by atoms with Gasteiger partial charge in [0.2, 0.25) is 0 Å². The van der Waals surface area contributed by atoms with E-state index in [9.17, 15) is 0 Å². The molecule has 1 aromatic heterocycles. The molecule has 0 fully saturated rings. The molecular formula is C15H18N4O. The van der Waals surface area contributed by atoms with E-state index in [4.69, 9.17) is 10.00 Å². The van der Waals surface area contributed by atoms with E-state index in [0.717, 1.165) is 17.9 Å². The summed E-state index contributed by atoms with van der Waals surface area (Å²) in [6.07, 6.45) is 3.71. The summed E-state index contributed by atoms with van der Waals surface area (Å²) in [5, 5.41) is 12.4. The first-order valence-corrected chi connectivity index (χ1v) is 6.53. The van der Waals surface area contributed by atoms with Crippen LogP contribution in [0.5, 0.6) is 0 Å². The van der Waals surface area contributed by atoms with Gasteiger partial charge in [0.15, 0.2) is 0 Å². The van der Waals surface area contributed by atoms with Crippen LogP contribution in [0.25, 0.3) is 0 Å². The van der Waals surface area contributed by atoms with Crippen LogP contribution in [-0.2, 0) is 17.8 Å². The van der Waals surface area contributed by atoms with Crippen LogP contribution in [-0.4, -0.2) is 29.8 Å². The number of nitrogens with one attached hydrogen (secondary N) is 1. The Morgan fingerprint density at radius 2 is 2.25 bits per heavy atom. The number of aromatic nitrogens is 2. The maximum atomic E-state index is 9.12. The van der Waals surface area contributed by atoms with Crippen molar-refractivity contribution in [2.45, 2.75) is 13.1 Å². The summed E-state index contributed by atoms with van der Waals surface area (Å²) >= 11 is 0. The van der Waals surface area contributed by atoms with E-state index in [-0.39, 0.29) is 0 Å². The number of nitrogens with zero attached hydrogens (tertiary/aromatic N) is 3. The van der Waals surface area contributed by atoms with E-state index in [2.05, 4.69) is 20.9 Å². The summed E-state index contributed by atoms with van der Waals surface area (Å²) in [7, 11) is 1.68. The summed E-state index contributed by atoms with van der Waals surface area (Å²) in [6, 6.07) is 9.86. The zero-order chi connectivity index (χ0) is 14.2. The van der Waals surface area contributed by atoms with Gasteiger partial charge in [0.1, 0.15) is 5.82 Å². The normalized spacial score (nSPS) is 10.4. The number of methoxy groups -OCH3 is 1. The summed E-state index contributed by atoms with van der Waals surface area (Å²) in [5.41, 5.74) is 1.71. The van der Waals surface area contributed by atoms with Gasteiger partial charge in [0, 0.05) is 26.0 Å². The maximum Gasteiger partial charge on any atom is 0.122 e. The van der Waals surface area contributed by atoms with Gasteiger partial charge in [-0.05, 0) is 11.6 Å². The first-order valence-electron chi connectivity index (χ1n) is 6.53. The summed E-state index contributed by atoms with van der Waals surface area (Å²) in [6.45, 7) is 2.81. The van der Waals surface area contributed by atoms with Gasteiger partial charge in [-0.15, -0.1) is 0 Å². The zero-order valence-corrected chi connectivity index (χ0v) is 11.5. The van der Waals surface area contributed by atoms with Crippen molar-refractivity contribution in [1.29, 1.82) is 5.26 Å². The minimum atomic E-state index is 0.658. The fraction of sp³-hybridized carbons (Fsp3) is 0.333. The van der Waals surface area contributed by atoms with Gasteiger partial charge in [-0.1, -0.05) is 18.2 Å². The van der Waals surface area contributed by atoms with Gasteiger partial charge in [0.25, 0.3) is 0 Å². The third kappa shape index (κ3) is 3.67. The van der Waals surface area contributed by atoms with Crippen LogP contribution in [0.15, 0.2) is 36.7 Å². The highest BCUT2D eigenvalue weighted by molar-refractivity contribution is 5.37. The molecule has 104 valence electrons. The Balaban J connectivity index is 2.03. The van der Waals surface area contributed by atoms with E-state index in [0.29, 0.717) is 25.3 Å². The monoisotopic (exact) mass is 270 g/mol. The number of hydrogen-bond donors (Lipinski definition) is 1. The number of hydrogen-bond acceptors (Lipinski definition) is 4. The van der Waals surface area contributed by atoms with E-state index in [1.54, 1.807) is 13.3 Å². The average molecular weight is 270 g/mol. The molecule has 0 amide bonds. The summed E-state index contributed by atoms with van der Waals surface area (Å²) in [4.78, 5) is 4.34. The SMILES string of the molecule is COCCNCc1nccn1Cc1ccccc1C#N. The second-order valence-corrected chi connectivity index (χ2v) is 4.41. The van der Waals surface area contributed by atoms with Crippen molar-refractivity contribution in [2.24, 2.45) is 0 Å². The topological polar surface area (TPSA) is 62.9 Å². The second kappa shape index (κ2) is 7.43. The van der Waals surface area contributed by atoms with Gasteiger partial charge in [0.05, 0.1) is 31.3 Å². The Morgan fingerprint density at radius 3 is 3.05 bits per heavy atom. The molecule has 0 radical (unpaired) electrons. The van der Waals surface area contributed by atoms with E-state index >= 15 is 0 Å². The Hall–Kier alpha value is -2.16. The molecule has 0 aliphatic carbocycles. The zero-order valence-electron chi connectivity index (χ0n) is 11.5. The molecule has 0 aliphatic heterocycles. The highest BCUT2D eigenvalue weighted by Crippen LogP contribution is 2.10. The van der Waals surface area contributed by atoms with Gasteiger partial charge in [-0.2, -0.15) is 5.26 Å². The molecular weight excluding hydrogens is 252 g/mol. The number of imidazole rings is 1. The Bertz CT molecular complexity index is 586. The third-order valence-electron chi connectivity index (χ3n) is 3.05. The van der Waals surface area contributed by atoms with Crippen molar-refractivity contribution >= 4 is 0 Å². The highest BCUT2D eigenvalue weighted by atomic mass is 16.5. The molecule has 5 heteroatoms. The third-order valence-corrected chi connectivity index (χ3v) is 3.05. The molecule has 0 aliphatic rings. The number of nitriles is 1. The quantitative estimate of drug-likeness (QED) is 0.775. The van der Waals surface area contributed by atoms with Crippen molar-refractivity contribution < 1.29 is 4.74 Å². The largest absolute Gasteiger partial charge is 0.383 e. The molecule has 2 aromatic rings. The van der Waals surface area contributed by atoms with Crippen molar-refractivity contribution in [3.63, 3.8) is 0 Å². The lowest BCUT2D eigenvalue weighted by molar-refractivity contribution is 0.199. The first kappa shape index (κ1) is 14.3. The van der Waals surface area contributed by atoms with E-state index < -0.39 is 0 Å². The molecule has 5 nitrogen and oxygen atoms in total. The Labute approximate surface area is 118 Å². The smallest absolute Gasteiger partial charge is 0.122 e. The Kier molecular flexibility index (Phi) is 5.30. The molecule has 1 heterocycles. The van der Waals surface area contributed by atoms with Crippen LogP contribution in [0, 0.1) is 11.3 Å². The highest BCUT2D eigenvalue weighted by Gasteiger charge is 2.06. The number of benzene rings is 1. The molecule has 0 unspecified atom stereocenters. The standard InChI is InChI=1S/C15H18N4O/c1-20-9-7-17-11-15-18-6-8-19(15)12-14-5-3-2-4-13(14)10-16/h2-6,8,17H,7,9,11-12H2,1H3. The van der Waals surface area contributed by atoms with Crippen LogP contribution < -0.4 is 5.32 Å². The predicted molar refractivity (Wildman–Crippen MR) is 76.1 cm³/mol. The van der Waals surface area contributed by atoms with Crippen LogP contribution in [0.4, 0.5) is 0 Å². The maximum absolute atomic E-state index is 9.12. The van der Waals surface area contributed by atoms with Gasteiger partial charge < -0.3 is 14.6 Å². The summed E-state index contributed by atoms with van der Waals surface area (Å²) < 4.78 is 7.04. The van der Waals surface area contributed by atoms with Crippen molar-refractivity contribution in [3.05, 3.63) is 53.6 Å². The molecule has 1 aromatic carbocycles. The lowest BCUT2D eigenvalue weighted by atomic mass is 10.1. The molecule has 0 bridgehead atoms. The molecule has 1 N–H and O–H groups in total. The molecule has 20 heavy (non-hydrogen) atoms. The molecule has 0 spiro atoms. The Morgan fingerprint density at radius 1 is 1.40 bits per heavy atom. The average Bonchev–Trinajstić information content (AvgIpc) is 2.91. The molecule has 0 saturated carbocycles. The predicted octanol–water partition coefficient (Wildman–Crippen LogP) is 1.54. The fourth-order valence-corrected chi connectivity index (χ4v) is 1.98. The van der Waals surface area contributed by atoms with Gasteiger partial charge in [-0.3, -0.25) is 0 Å². The van der Waals surface area contributed by atoms with Crippen LogP contribution in [0.2, 0.25) is 0 Å². The minimum absolute atomic E-state index is 0.658. The second-order valence-electron chi connectivity index (χ2n) is 4.41. The van der Waals surface area contributed by atoms with Crippen molar-refractivity contribution in [1.82, 2.24) is 14.9 Å². The van der Waals surface area contributed by atoms with Crippen molar-refractivity contribution in [2.75, 3.05) is 20.3 Å². The van der Waals surface area contributed by atoms with E-state index in [1.807, 2.05) is 30.5 Å². The van der Waals surface area contributed by atoms with Crippen LogP contribution in [0.3, 0.4) is 0 Å². The van der Waals surface area contributed by atoms with Crippen LogP contribution in [0.1, 0.15) is 17.0 Å². The van der Waals surface area contributed by atoms with E-state index in [1.165, 1.54) is 0 Å². The molecule has 2 rings (SSSR count). The van der Waals surface area contributed by atoms with Crippen molar-refractivity contribution in [3.8, 4) is 6.07 Å². The first-order chi connectivity index (χ1) is 9.85. The van der Waals surface area contributed by atoms with Gasteiger partial charge >= 0.3 is 0 Å². The van der Waals surface area contributed by atoms with Gasteiger partial charge in [-0.25, -0.2) is 4.98 Å². The molecule has 0 atom stereocenters. The van der Waals surface area contributed by atoms with Crippen LogP contribution >= 0.6 is 0 Å². The molecule has 0 saturated heterocycles. The summed E-state index contributed by atoms with van der Waals surface area (Å²) in [5.74, 6) is 0.953. The number of rotatable bonds is 7. The minimum Gasteiger partial charge on any atom is -0.383 e. The fourth-order valence-electron chi connectivity index (χ4n) is 1.98.